The highest BCUT2D eigenvalue weighted by Gasteiger charge is 2.25. The summed E-state index contributed by atoms with van der Waals surface area (Å²) >= 11 is 12.9. The van der Waals surface area contributed by atoms with Gasteiger partial charge in [0.15, 0.2) is 0 Å². The first kappa shape index (κ1) is 26.3. The fourth-order valence-corrected chi connectivity index (χ4v) is 5.64. The lowest BCUT2D eigenvalue weighted by Crippen LogP contribution is -2.48. The molecule has 36 heavy (non-hydrogen) atoms. The molecular formula is C26H24Br2ClN3O4. The molecule has 10 heteroatoms. The summed E-state index contributed by atoms with van der Waals surface area (Å²) in [6.07, 6.45) is 0. The van der Waals surface area contributed by atoms with Gasteiger partial charge in [0.25, 0.3) is 11.8 Å². The third-order valence-corrected chi connectivity index (χ3v) is 7.19. The summed E-state index contributed by atoms with van der Waals surface area (Å²) in [5.74, 6) is 0.610. The van der Waals surface area contributed by atoms with Crippen molar-refractivity contribution < 1.29 is 19.1 Å². The van der Waals surface area contributed by atoms with Crippen molar-refractivity contribution in [1.29, 1.82) is 0 Å². The lowest BCUT2D eigenvalue weighted by atomic mass is 10.1. The predicted octanol–water partition coefficient (Wildman–Crippen LogP) is 6.10. The van der Waals surface area contributed by atoms with E-state index in [0.29, 0.717) is 64.0 Å². The Morgan fingerprint density at radius 2 is 1.58 bits per heavy atom. The van der Waals surface area contributed by atoms with Gasteiger partial charge in [-0.15, -0.1) is 0 Å². The van der Waals surface area contributed by atoms with Crippen LogP contribution in [0.3, 0.4) is 0 Å². The molecule has 0 spiro atoms. The molecule has 0 saturated carbocycles. The van der Waals surface area contributed by atoms with E-state index in [0.717, 1.165) is 10.2 Å². The molecule has 0 aromatic heterocycles. The minimum Gasteiger partial charge on any atom is -0.496 e. The first-order chi connectivity index (χ1) is 17.3. The Kier molecular flexibility index (Phi) is 8.43. The fourth-order valence-electron chi connectivity index (χ4n) is 4.08. The van der Waals surface area contributed by atoms with Crippen molar-refractivity contribution in [2.75, 3.05) is 50.6 Å². The summed E-state index contributed by atoms with van der Waals surface area (Å²) in [5, 5.41) is 3.41. The van der Waals surface area contributed by atoms with Crippen molar-refractivity contribution >= 4 is 66.6 Å². The molecule has 4 rings (SSSR count). The quantitative estimate of drug-likeness (QED) is 0.354. The molecule has 1 aliphatic rings. The van der Waals surface area contributed by atoms with Gasteiger partial charge in [-0.1, -0.05) is 27.5 Å². The molecule has 1 aliphatic heterocycles. The minimum absolute atomic E-state index is 0.0957. The van der Waals surface area contributed by atoms with Crippen molar-refractivity contribution in [3.8, 4) is 11.5 Å². The molecule has 3 aromatic rings. The Balaban J connectivity index is 1.39. The van der Waals surface area contributed by atoms with Crippen molar-refractivity contribution in [1.82, 2.24) is 4.90 Å². The van der Waals surface area contributed by atoms with Gasteiger partial charge in [-0.3, -0.25) is 9.59 Å². The van der Waals surface area contributed by atoms with Crippen molar-refractivity contribution in [3.63, 3.8) is 0 Å². The number of anilines is 2. The number of carbonyl (C=O) groups excluding carboxylic acids is 2. The van der Waals surface area contributed by atoms with Crippen molar-refractivity contribution in [3.05, 3.63) is 79.7 Å². The zero-order chi connectivity index (χ0) is 25.8. The number of methoxy groups -OCH3 is 2. The van der Waals surface area contributed by atoms with Gasteiger partial charge in [0, 0.05) is 47.0 Å². The highest BCUT2D eigenvalue weighted by Crippen LogP contribution is 2.33. The Bertz CT molecular complexity index is 1280. The minimum atomic E-state index is -0.273. The average Bonchev–Trinajstić information content (AvgIpc) is 2.88. The molecule has 1 fully saturated rings. The molecule has 0 aliphatic carbocycles. The largest absolute Gasteiger partial charge is 0.496 e. The van der Waals surface area contributed by atoms with Crippen molar-refractivity contribution in [2.45, 2.75) is 0 Å². The first-order valence-corrected chi connectivity index (χ1v) is 13.1. The Labute approximate surface area is 231 Å². The third kappa shape index (κ3) is 5.79. The SMILES string of the molecule is COc1ccc(Cl)cc1C(=O)N1CCN(c2ccc(NC(=O)c3cc(Br)cc(Br)c3OC)cc2)CC1. The standard InChI is InChI=1S/C26H24Br2ClN3O4/c1-35-23-8-3-17(29)15-20(23)26(34)32-11-9-31(10-12-32)19-6-4-18(5-7-19)30-25(33)21-13-16(27)14-22(28)24(21)36-2/h3-8,13-15H,9-12H2,1-2H3,(H,30,33). The van der Waals surface area contributed by atoms with Crippen LogP contribution in [0, 0.1) is 0 Å². The highest BCUT2D eigenvalue weighted by atomic mass is 79.9. The summed E-state index contributed by atoms with van der Waals surface area (Å²) in [5.41, 5.74) is 2.57. The van der Waals surface area contributed by atoms with E-state index in [1.807, 2.05) is 35.2 Å². The lowest BCUT2D eigenvalue weighted by Gasteiger charge is -2.36. The van der Waals surface area contributed by atoms with Gasteiger partial charge in [-0.05, 0) is 70.5 Å². The maximum atomic E-state index is 13.0. The van der Waals surface area contributed by atoms with Gasteiger partial charge >= 0.3 is 0 Å². The van der Waals surface area contributed by atoms with E-state index >= 15 is 0 Å². The monoisotopic (exact) mass is 635 g/mol. The number of rotatable bonds is 6. The van der Waals surface area contributed by atoms with E-state index in [4.69, 9.17) is 21.1 Å². The van der Waals surface area contributed by atoms with E-state index in [1.165, 1.54) is 14.2 Å². The van der Waals surface area contributed by atoms with Gasteiger partial charge in [0.1, 0.15) is 11.5 Å². The number of nitrogens with one attached hydrogen (secondary N) is 1. The topological polar surface area (TPSA) is 71.1 Å². The van der Waals surface area contributed by atoms with Crippen LogP contribution < -0.4 is 19.7 Å². The van der Waals surface area contributed by atoms with Gasteiger partial charge in [0.05, 0.1) is 29.8 Å². The van der Waals surface area contributed by atoms with E-state index in [9.17, 15) is 9.59 Å². The van der Waals surface area contributed by atoms with Gasteiger partial charge in [-0.2, -0.15) is 0 Å². The van der Waals surface area contributed by atoms with Gasteiger partial charge in [0.2, 0.25) is 0 Å². The normalized spacial score (nSPS) is 13.4. The maximum Gasteiger partial charge on any atom is 0.259 e. The van der Waals surface area contributed by atoms with Crippen molar-refractivity contribution in [2.24, 2.45) is 0 Å². The summed E-state index contributed by atoms with van der Waals surface area (Å²) in [6, 6.07) is 16.2. The molecule has 0 atom stereocenters. The van der Waals surface area contributed by atoms with Crippen LogP contribution in [0.25, 0.3) is 0 Å². The molecule has 1 heterocycles. The maximum absolute atomic E-state index is 13.0. The van der Waals surface area contributed by atoms with E-state index in [2.05, 4.69) is 42.1 Å². The van der Waals surface area contributed by atoms with Crippen LogP contribution in [-0.4, -0.2) is 57.1 Å². The molecule has 0 radical (unpaired) electrons. The van der Waals surface area contributed by atoms with E-state index < -0.39 is 0 Å². The zero-order valence-corrected chi connectivity index (χ0v) is 23.6. The molecule has 0 unspecified atom stereocenters. The average molecular weight is 638 g/mol. The number of hydrogen-bond acceptors (Lipinski definition) is 5. The fraction of sp³-hybridized carbons (Fsp3) is 0.231. The number of nitrogens with zero attached hydrogens (tertiary/aromatic N) is 2. The molecule has 1 N–H and O–H groups in total. The number of halogens is 3. The van der Waals surface area contributed by atoms with Crippen LogP contribution in [0.15, 0.2) is 63.5 Å². The summed E-state index contributed by atoms with van der Waals surface area (Å²) in [6.45, 7) is 2.52. The molecule has 188 valence electrons. The van der Waals surface area contributed by atoms with Crippen LogP contribution in [0.2, 0.25) is 5.02 Å². The van der Waals surface area contributed by atoms with Crippen LogP contribution in [-0.2, 0) is 0 Å². The number of hydrogen-bond donors (Lipinski definition) is 1. The number of piperazine rings is 1. The Morgan fingerprint density at radius 1 is 0.889 bits per heavy atom. The highest BCUT2D eigenvalue weighted by molar-refractivity contribution is 9.11. The predicted molar refractivity (Wildman–Crippen MR) is 149 cm³/mol. The van der Waals surface area contributed by atoms with Crippen LogP contribution in [0.1, 0.15) is 20.7 Å². The number of ether oxygens (including phenoxy) is 2. The molecular weight excluding hydrogens is 614 g/mol. The Hall–Kier alpha value is -2.75. The van der Waals surface area contributed by atoms with Gasteiger partial charge < -0.3 is 24.6 Å². The summed E-state index contributed by atoms with van der Waals surface area (Å²) in [7, 11) is 3.07. The molecule has 0 bridgehead atoms. The lowest BCUT2D eigenvalue weighted by molar-refractivity contribution is 0.0743. The van der Waals surface area contributed by atoms with Gasteiger partial charge in [-0.25, -0.2) is 0 Å². The molecule has 2 amide bonds. The van der Waals surface area contributed by atoms with E-state index in [-0.39, 0.29) is 11.8 Å². The van der Waals surface area contributed by atoms with Crippen LogP contribution in [0.4, 0.5) is 11.4 Å². The second-order valence-electron chi connectivity index (χ2n) is 8.09. The molecule has 7 nitrogen and oxygen atoms in total. The second-order valence-corrected chi connectivity index (χ2v) is 10.3. The number of carbonyl (C=O) groups is 2. The number of amides is 2. The second kappa shape index (κ2) is 11.5. The summed E-state index contributed by atoms with van der Waals surface area (Å²) < 4.78 is 12.2. The smallest absolute Gasteiger partial charge is 0.259 e. The zero-order valence-electron chi connectivity index (χ0n) is 19.7. The summed E-state index contributed by atoms with van der Waals surface area (Å²) in [4.78, 5) is 29.9. The van der Waals surface area contributed by atoms with Crippen LogP contribution >= 0.6 is 43.5 Å². The van der Waals surface area contributed by atoms with Crippen LogP contribution in [0.5, 0.6) is 11.5 Å². The third-order valence-electron chi connectivity index (χ3n) is 5.91. The molecule has 1 saturated heterocycles. The molecule has 3 aromatic carbocycles. The van der Waals surface area contributed by atoms with E-state index in [1.54, 1.807) is 24.3 Å². The first-order valence-electron chi connectivity index (χ1n) is 11.1. The number of benzene rings is 3. The Morgan fingerprint density at radius 3 is 2.22 bits per heavy atom.